The molecule has 1 aliphatic heterocycles. The van der Waals surface area contributed by atoms with E-state index in [4.69, 9.17) is 4.74 Å². The Balaban J connectivity index is 1.74. The molecule has 6 heteroatoms. The van der Waals surface area contributed by atoms with Crippen molar-refractivity contribution in [2.75, 3.05) is 19.0 Å². The summed E-state index contributed by atoms with van der Waals surface area (Å²) < 4.78 is 18.1. The minimum absolute atomic E-state index is 0.0185. The van der Waals surface area contributed by atoms with E-state index in [9.17, 15) is 14.0 Å². The third-order valence-corrected chi connectivity index (χ3v) is 4.27. The first-order valence-electron chi connectivity index (χ1n) is 8.01. The van der Waals surface area contributed by atoms with Gasteiger partial charge in [-0.05, 0) is 35.7 Å². The Morgan fingerprint density at radius 3 is 2.68 bits per heavy atom. The summed E-state index contributed by atoms with van der Waals surface area (Å²) in [5, 5.41) is 2.66. The Bertz CT molecular complexity index is 794. The van der Waals surface area contributed by atoms with Gasteiger partial charge in [0, 0.05) is 12.2 Å². The van der Waals surface area contributed by atoms with Crippen LogP contribution in [0.1, 0.15) is 11.1 Å². The third-order valence-electron chi connectivity index (χ3n) is 4.27. The Morgan fingerprint density at radius 2 is 1.96 bits per heavy atom. The molecule has 25 heavy (non-hydrogen) atoms. The number of methoxy groups -OCH3 is 1. The first-order chi connectivity index (χ1) is 12.1. The molecule has 0 unspecified atom stereocenters. The van der Waals surface area contributed by atoms with E-state index in [1.807, 2.05) is 24.3 Å². The van der Waals surface area contributed by atoms with E-state index in [1.54, 1.807) is 11.0 Å². The lowest BCUT2D eigenvalue weighted by molar-refractivity contribution is -0.148. The second kappa shape index (κ2) is 7.44. The largest absolute Gasteiger partial charge is 0.468 e. The molecular weight excluding hydrogens is 323 g/mol. The Labute approximate surface area is 145 Å². The minimum Gasteiger partial charge on any atom is -0.468 e. The van der Waals surface area contributed by atoms with Crippen LogP contribution < -0.4 is 5.32 Å². The van der Waals surface area contributed by atoms with Crippen LogP contribution in [0.3, 0.4) is 0 Å². The molecule has 2 aromatic rings. The summed E-state index contributed by atoms with van der Waals surface area (Å²) in [5.41, 5.74) is 2.55. The highest BCUT2D eigenvalue weighted by Gasteiger charge is 2.33. The van der Waals surface area contributed by atoms with Gasteiger partial charge in [-0.3, -0.25) is 14.5 Å². The van der Waals surface area contributed by atoms with Gasteiger partial charge in [0.1, 0.15) is 11.9 Å². The number of anilines is 1. The Morgan fingerprint density at radius 1 is 1.20 bits per heavy atom. The van der Waals surface area contributed by atoms with Gasteiger partial charge in [0.25, 0.3) is 0 Å². The third kappa shape index (κ3) is 4.03. The Kier molecular flexibility index (Phi) is 5.09. The van der Waals surface area contributed by atoms with Crippen molar-refractivity contribution >= 4 is 17.6 Å². The maximum atomic E-state index is 13.2. The van der Waals surface area contributed by atoms with Gasteiger partial charge < -0.3 is 10.1 Å². The van der Waals surface area contributed by atoms with Crippen LogP contribution >= 0.6 is 0 Å². The lowest BCUT2D eigenvalue weighted by Crippen LogP contribution is -2.49. The zero-order valence-corrected chi connectivity index (χ0v) is 13.9. The average Bonchev–Trinajstić information content (AvgIpc) is 2.60. The molecule has 0 aliphatic carbocycles. The van der Waals surface area contributed by atoms with Gasteiger partial charge in [0.2, 0.25) is 5.91 Å². The molecule has 1 aliphatic rings. The highest BCUT2D eigenvalue weighted by molar-refractivity contribution is 5.92. The van der Waals surface area contributed by atoms with Crippen LogP contribution in [0, 0.1) is 5.82 Å². The van der Waals surface area contributed by atoms with E-state index in [0.717, 1.165) is 11.1 Å². The van der Waals surface area contributed by atoms with Crippen LogP contribution in [0.5, 0.6) is 0 Å². The van der Waals surface area contributed by atoms with Crippen molar-refractivity contribution in [3.8, 4) is 0 Å². The number of hydrogen-bond donors (Lipinski definition) is 1. The molecule has 1 heterocycles. The van der Waals surface area contributed by atoms with Crippen molar-refractivity contribution in [3.05, 3.63) is 65.5 Å². The Hall–Kier alpha value is -2.73. The molecule has 0 saturated heterocycles. The fourth-order valence-corrected chi connectivity index (χ4v) is 3.06. The normalized spacial score (nSPS) is 16.8. The first-order valence-corrected chi connectivity index (χ1v) is 8.01. The molecular formula is C19H19FN2O3. The minimum atomic E-state index is -0.516. The van der Waals surface area contributed by atoms with E-state index in [2.05, 4.69) is 5.32 Å². The molecule has 0 fully saturated rings. The number of amides is 1. The number of nitrogens with zero attached hydrogens (tertiary/aromatic N) is 1. The number of ether oxygens (including phenoxy) is 1. The molecule has 5 nitrogen and oxygen atoms in total. The number of rotatable bonds is 4. The summed E-state index contributed by atoms with van der Waals surface area (Å²) in [6.45, 7) is 0.497. The number of fused-ring (bicyclic) bond motifs is 1. The number of benzene rings is 2. The van der Waals surface area contributed by atoms with Crippen molar-refractivity contribution < 1.29 is 18.7 Å². The molecule has 1 N–H and O–H groups in total. The fraction of sp³-hybridized carbons (Fsp3) is 0.263. The van der Waals surface area contributed by atoms with Crippen molar-refractivity contribution in [2.45, 2.75) is 19.0 Å². The van der Waals surface area contributed by atoms with Crippen LogP contribution in [-0.4, -0.2) is 36.5 Å². The summed E-state index contributed by atoms with van der Waals surface area (Å²) in [4.78, 5) is 26.2. The van der Waals surface area contributed by atoms with E-state index < -0.39 is 11.9 Å². The zero-order chi connectivity index (χ0) is 17.8. The monoisotopic (exact) mass is 342 g/mol. The van der Waals surface area contributed by atoms with Gasteiger partial charge in [-0.25, -0.2) is 4.39 Å². The predicted octanol–water partition coefficient (Wildman–Crippen LogP) is 2.36. The summed E-state index contributed by atoms with van der Waals surface area (Å²) in [6, 6.07) is 13.0. The first kappa shape index (κ1) is 17.1. The highest BCUT2D eigenvalue weighted by atomic mass is 19.1. The predicted molar refractivity (Wildman–Crippen MR) is 91.4 cm³/mol. The maximum Gasteiger partial charge on any atom is 0.323 e. The SMILES string of the molecule is COC(=O)[C@@H]1Cc2ccccc2CN1CC(=O)Nc1cccc(F)c1. The quantitative estimate of drug-likeness (QED) is 0.867. The summed E-state index contributed by atoms with van der Waals surface area (Å²) in [5.74, 6) is -1.09. The maximum absolute atomic E-state index is 13.2. The molecule has 130 valence electrons. The topological polar surface area (TPSA) is 58.6 Å². The smallest absolute Gasteiger partial charge is 0.323 e. The molecule has 2 aromatic carbocycles. The number of halogens is 1. The van der Waals surface area contributed by atoms with E-state index in [0.29, 0.717) is 18.7 Å². The summed E-state index contributed by atoms with van der Waals surface area (Å²) in [6.07, 6.45) is 0.496. The number of hydrogen-bond acceptors (Lipinski definition) is 4. The summed E-state index contributed by atoms with van der Waals surface area (Å²) >= 11 is 0. The van der Waals surface area contributed by atoms with Crippen molar-refractivity contribution in [2.24, 2.45) is 0 Å². The number of nitrogens with one attached hydrogen (secondary N) is 1. The molecule has 0 spiro atoms. The van der Waals surface area contributed by atoms with E-state index in [-0.39, 0.29) is 18.4 Å². The van der Waals surface area contributed by atoms with Crippen molar-refractivity contribution in [1.29, 1.82) is 0 Å². The number of carbonyl (C=O) groups is 2. The van der Waals surface area contributed by atoms with Gasteiger partial charge in [0.05, 0.1) is 13.7 Å². The van der Waals surface area contributed by atoms with Crippen LogP contribution in [0.25, 0.3) is 0 Å². The second-order valence-electron chi connectivity index (χ2n) is 5.98. The van der Waals surface area contributed by atoms with Crippen molar-refractivity contribution in [1.82, 2.24) is 4.90 Å². The average molecular weight is 342 g/mol. The number of esters is 1. The van der Waals surface area contributed by atoms with Crippen molar-refractivity contribution in [3.63, 3.8) is 0 Å². The van der Waals surface area contributed by atoms with Gasteiger partial charge in [-0.15, -0.1) is 0 Å². The standard InChI is InChI=1S/C19H19FN2O3/c1-25-19(24)17-9-13-5-2-3-6-14(13)11-22(17)12-18(23)21-16-8-4-7-15(20)10-16/h2-8,10,17H,9,11-12H2,1H3,(H,21,23)/t17-/m0/s1. The van der Waals surface area contributed by atoms with Crippen LogP contribution in [0.15, 0.2) is 48.5 Å². The fourth-order valence-electron chi connectivity index (χ4n) is 3.06. The molecule has 0 aromatic heterocycles. The van der Waals surface area contributed by atoms with E-state index >= 15 is 0 Å². The lowest BCUT2D eigenvalue weighted by Gasteiger charge is -2.34. The van der Waals surface area contributed by atoms with Gasteiger partial charge >= 0.3 is 5.97 Å². The second-order valence-corrected chi connectivity index (χ2v) is 5.98. The zero-order valence-electron chi connectivity index (χ0n) is 13.9. The van der Waals surface area contributed by atoms with Crippen LogP contribution in [0.4, 0.5) is 10.1 Å². The molecule has 3 rings (SSSR count). The summed E-state index contributed by atoms with van der Waals surface area (Å²) in [7, 11) is 1.34. The molecule has 0 saturated carbocycles. The molecule has 1 atom stereocenters. The molecule has 0 radical (unpaired) electrons. The van der Waals surface area contributed by atoms with Crippen LogP contribution in [0.2, 0.25) is 0 Å². The highest BCUT2D eigenvalue weighted by Crippen LogP contribution is 2.24. The number of carbonyl (C=O) groups excluding carboxylic acids is 2. The molecule has 0 bridgehead atoms. The lowest BCUT2D eigenvalue weighted by atomic mass is 9.94. The molecule has 1 amide bonds. The van der Waals surface area contributed by atoms with Gasteiger partial charge in [-0.2, -0.15) is 0 Å². The van der Waals surface area contributed by atoms with Gasteiger partial charge in [0.15, 0.2) is 0 Å². The van der Waals surface area contributed by atoms with Gasteiger partial charge in [-0.1, -0.05) is 30.3 Å². The van der Waals surface area contributed by atoms with E-state index in [1.165, 1.54) is 25.3 Å². The van der Waals surface area contributed by atoms with Crippen LogP contribution in [-0.2, 0) is 27.3 Å².